The summed E-state index contributed by atoms with van der Waals surface area (Å²) in [5.41, 5.74) is 3.45. The van der Waals surface area contributed by atoms with Gasteiger partial charge in [-0.15, -0.1) is 0 Å². The zero-order valence-electron chi connectivity index (χ0n) is 13.3. The van der Waals surface area contributed by atoms with Crippen molar-refractivity contribution < 1.29 is 4.57 Å². The summed E-state index contributed by atoms with van der Waals surface area (Å²) in [6.07, 6.45) is 3.97. The summed E-state index contributed by atoms with van der Waals surface area (Å²) >= 11 is 1.64. The Morgan fingerprint density at radius 1 is 1.09 bits per heavy atom. The van der Waals surface area contributed by atoms with Gasteiger partial charge in [-0.3, -0.25) is 0 Å². The summed E-state index contributed by atoms with van der Waals surface area (Å²) in [6.45, 7) is 7.51. The van der Waals surface area contributed by atoms with E-state index in [1.54, 1.807) is 11.3 Å². The number of anilines is 1. The molecule has 1 aliphatic heterocycles. The van der Waals surface area contributed by atoms with Gasteiger partial charge < -0.3 is 4.90 Å². The first-order chi connectivity index (χ1) is 10.8. The average molecular weight is 315 g/mol. The smallest absolute Gasteiger partial charge is 0.372 e. The molecule has 1 aromatic carbocycles. The molecule has 2 heterocycles. The van der Waals surface area contributed by atoms with Crippen LogP contribution in [0.5, 0.6) is 0 Å². The van der Waals surface area contributed by atoms with Crippen LogP contribution in [0.25, 0.3) is 0 Å². The summed E-state index contributed by atoms with van der Waals surface area (Å²) in [4.78, 5) is 2.46. The molecule has 0 aliphatic carbocycles. The van der Waals surface area contributed by atoms with Crippen molar-refractivity contribution in [3.05, 3.63) is 35.3 Å². The van der Waals surface area contributed by atoms with Crippen molar-refractivity contribution >= 4 is 27.8 Å². The van der Waals surface area contributed by atoms with Gasteiger partial charge in [-0.05, 0) is 73.8 Å². The molecule has 5 heteroatoms. The molecule has 0 amide bonds. The van der Waals surface area contributed by atoms with Gasteiger partial charge in [-0.2, -0.15) is 0 Å². The maximum atomic E-state index is 4.40. The Bertz CT molecular complexity index is 639. The molecule has 22 heavy (non-hydrogen) atoms. The van der Waals surface area contributed by atoms with E-state index in [-0.39, 0.29) is 0 Å². The van der Waals surface area contributed by atoms with Gasteiger partial charge in [0, 0.05) is 24.2 Å². The van der Waals surface area contributed by atoms with E-state index in [1.165, 1.54) is 43.7 Å². The predicted molar refractivity (Wildman–Crippen MR) is 91.6 cm³/mol. The summed E-state index contributed by atoms with van der Waals surface area (Å²) in [5.74, 6) is 0. The van der Waals surface area contributed by atoms with Crippen LogP contribution >= 0.6 is 11.3 Å². The minimum absolute atomic E-state index is 0.912. The van der Waals surface area contributed by atoms with E-state index in [2.05, 4.69) is 63.2 Å². The highest BCUT2D eigenvalue weighted by molar-refractivity contribution is 7.12. The number of thiazole rings is 1. The molecule has 0 unspecified atom stereocenters. The normalized spacial score (nSPS) is 15.6. The Morgan fingerprint density at radius 2 is 1.82 bits per heavy atom. The van der Waals surface area contributed by atoms with Crippen molar-refractivity contribution in [2.24, 2.45) is 10.2 Å². The van der Waals surface area contributed by atoms with Crippen molar-refractivity contribution in [1.29, 1.82) is 0 Å². The van der Waals surface area contributed by atoms with Gasteiger partial charge in [0.2, 0.25) is 0 Å². The van der Waals surface area contributed by atoms with Gasteiger partial charge in [0.15, 0.2) is 0 Å². The Kier molecular flexibility index (Phi) is 4.83. The van der Waals surface area contributed by atoms with Crippen molar-refractivity contribution in [2.45, 2.75) is 39.7 Å². The summed E-state index contributed by atoms with van der Waals surface area (Å²) in [6, 6.07) is 8.44. The fourth-order valence-electron chi connectivity index (χ4n) is 2.86. The second kappa shape index (κ2) is 7.01. The molecule has 3 rings (SSSR count). The molecule has 0 N–H and O–H groups in total. The van der Waals surface area contributed by atoms with Crippen molar-refractivity contribution in [2.75, 3.05) is 18.0 Å². The molecule has 0 atom stereocenters. The van der Waals surface area contributed by atoms with Gasteiger partial charge in [-0.1, -0.05) is 0 Å². The quantitative estimate of drug-likeness (QED) is 0.591. The zero-order chi connectivity index (χ0) is 15.4. The number of benzene rings is 1. The molecule has 0 saturated carbocycles. The number of piperidine rings is 1. The van der Waals surface area contributed by atoms with E-state index in [1.807, 2.05) is 0 Å². The maximum absolute atomic E-state index is 4.40. The third-order valence-corrected chi connectivity index (χ3v) is 5.10. The van der Waals surface area contributed by atoms with E-state index in [0.717, 1.165) is 17.4 Å². The first-order valence-corrected chi connectivity index (χ1v) is 8.90. The average Bonchev–Trinajstić information content (AvgIpc) is 2.94. The van der Waals surface area contributed by atoms with E-state index >= 15 is 0 Å². The fourth-order valence-corrected chi connectivity index (χ4v) is 3.75. The molecule has 0 spiro atoms. The highest BCUT2D eigenvalue weighted by Gasteiger charge is 2.14. The maximum Gasteiger partial charge on any atom is 0.408 e. The highest BCUT2D eigenvalue weighted by Crippen LogP contribution is 2.25. The Morgan fingerprint density at radius 3 is 2.50 bits per heavy atom. The third-order valence-electron chi connectivity index (χ3n) is 4.13. The van der Waals surface area contributed by atoms with Crippen molar-refractivity contribution in [1.82, 2.24) is 0 Å². The van der Waals surface area contributed by atoms with Crippen molar-refractivity contribution in [3.63, 3.8) is 0 Å². The molecule has 116 valence electrons. The number of hydrogen-bond donors (Lipinski definition) is 0. The Labute approximate surface area is 136 Å². The van der Waals surface area contributed by atoms with Crippen LogP contribution in [0.3, 0.4) is 0 Å². The molecule has 4 nitrogen and oxygen atoms in total. The lowest BCUT2D eigenvalue weighted by Crippen LogP contribution is -2.32. The van der Waals surface area contributed by atoms with E-state index in [9.17, 15) is 0 Å². The first-order valence-electron chi connectivity index (χ1n) is 8.02. The summed E-state index contributed by atoms with van der Waals surface area (Å²) < 4.78 is 2.18. The second-order valence-electron chi connectivity index (χ2n) is 5.67. The molecule has 0 radical (unpaired) electrons. The molecule has 1 saturated heterocycles. The Hall–Kier alpha value is -1.75. The molecule has 2 aromatic rings. The topological polar surface area (TPSA) is 31.8 Å². The van der Waals surface area contributed by atoms with Gasteiger partial charge >= 0.3 is 5.13 Å². The largest absolute Gasteiger partial charge is 0.408 e. The monoisotopic (exact) mass is 315 g/mol. The molecule has 1 aromatic heterocycles. The number of aromatic nitrogens is 1. The lowest BCUT2D eigenvalue weighted by molar-refractivity contribution is -0.682. The van der Waals surface area contributed by atoms with Crippen LogP contribution < -0.4 is 9.47 Å². The van der Waals surface area contributed by atoms with Gasteiger partial charge in [0.25, 0.3) is 0 Å². The third kappa shape index (κ3) is 3.35. The SMILES string of the molecule is CC[n+]1c(C)csc1/N=N/c1ccc(N2CCCCC2)cc1. The second-order valence-corrected chi connectivity index (χ2v) is 6.50. The zero-order valence-corrected chi connectivity index (χ0v) is 14.1. The van der Waals surface area contributed by atoms with Crippen LogP contribution in [-0.4, -0.2) is 13.1 Å². The number of hydrogen-bond acceptors (Lipinski definition) is 4. The van der Waals surface area contributed by atoms with Crippen LogP contribution in [0, 0.1) is 6.92 Å². The molecule has 1 fully saturated rings. The highest BCUT2D eigenvalue weighted by atomic mass is 32.1. The van der Waals surface area contributed by atoms with E-state index < -0.39 is 0 Å². The minimum Gasteiger partial charge on any atom is -0.372 e. The van der Waals surface area contributed by atoms with Crippen LogP contribution in [0.15, 0.2) is 39.9 Å². The van der Waals surface area contributed by atoms with Crippen molar-refractivity contribution in [3.8, 4) is 0 Å². The molecule has 1 aliphatic rings. The molecule has 0 bridgehead atoms. The van der Waals surface area contributed by atoms with Crippen LogP contribution in [0.1, 0.15) is 31.9 Å². The van der Waals surface area contributed by atoms with Gasteiger partial charge in [0.05, 0.1) is 11.7 Å². The van der Waals surface area contributed by atoms with Crippen LogP contribution in [-0.2, 0) is 6.54 Å². The standard InChI is InChI=1S/C17H23N4S/c1-3-21-14(2)13-22-17(21)19-18-15-7-9-16(10-8-15)20-11-5-4-6-12-20/h7-10,13H,3-6,11-12H2,1-2H3/q+1. The first kappa shape index (κ1) is 15.2. The van der Waals surface area contributed by atoms with Crippen LogP contribution in [0.4, 0.5) is 16.5 Å². The van der Waals surface area contributed by atoms with Gasteiger partial charge in [-0.25, -0.2) is 4.57 Å². The van der Waals surface area contributed by atoms with Gasteiger partial charge in [0.1, 0.15) is 11.4 Å². The predicted octanol–water partition coefficient (Wildman–Crippen LogP) is 4.77. The summed E-state index contributed by atoms with van der Waals surface area (Å²) in [7, 11) is 0. The fraction of sp³-hybridized carbons (Fsp3) is 0.471. The summed E-state index contributed by atoms with van der Waals surface area (Å²) in [5, 5.41) is 11.9. The number of aryl methyl sites for hydroxylation is 1. The molecular weight excluding hydrogens is 292 g/mol. The molecular formula is C17H23N4S+. The lowest BCUT2D eigenvalue weighted by Gasteiger charge is -2.28. The number of nitrogens with zero attached hydrogens (tertiary/aromatic N) is 4. The van der Waals surface area contributed by atoms with Crippen LogP contribution in [0.2, 0.25) is 0 Å². The Balaban J connectivity index is 1.71. The minimum atomic E-state index is 0.912. The number of rotatable bonds is 4. The number of azo groups is 1. The van der Waals surface area contributed by atoms with E-state index in [0.29, 0.717) is 0 Å². The lowest BCUT2D eigenvalue weighted by atomic mass is 10.1. The van der Waals surface area contributed by atoms with E-state index in [4.69, 9.17) is 0 Å².